The lowest BCUT2D eigenvalue weighted by Crippen LogP contribution is -2.35. The van der Waals surface area contributed by atoms with Crippen LogP contribution in [0.15, 0.2) is 53.9 Å². The fraction of sp³-hybridized carbons (Fsp3) is 0.158. The Morgan fingerprint density at radius 1 is 1.17 bits per heavy atom. The van der Waals surface area contributed by atoms with E-state index in [9.17, 15) is 18.8 Å². The molecule has 10 heteroatoms. The Morgan fingerprint density at radius 3 is 2.52 bits per heavy atom. The molecule has 2 heterocycles. The molecule has 150 valence electrons. The summed E-state index contributed by atoms with van der Waals surface area (Å²) in [6.45, 7) is -0.641. The Morgan fingerprint density at radius 2 is 1.90 bits per heavy atom. The van der Waals surface area contributed by atoms with Gasteiger partial charge in [-0.3, -0.25) is 19.5 Å². The lowest BCUT2D eigenvalue weighted by Gasteiger charge is -2.11. The number of nitrogens with one attached hydrogen (secondary N) is 1. The highest BCUT2D eigenvalue weighted by Gasteiger charge is 2.21. The van der Waals surface area contributed by atoms with Crippen LogP contribution in [0.2, 0.25) is 0 Å². The van der Waals surface area contributed by atoms with E-state index in [1.807, 2.05) is 0 Å². The molecule has 3 rings (SSSR count). The maximum atomic E-state index is 13.2. The number of carbonyl (C=O) groups excluding carboxylic acids is 3. The van der Waals surface area contributed by atoms with Crippen LogP contribution in [0.5, 0.6) is 0 Å². The van der Waals surface area contributed by atoms with Gasteiger partial charge in [-0.25, -0.2) is 14.2 Å². The highest BCUT2D eigenvalue weighted by Crippen LogP contribution is 2.22. The molecule has 0 aliphatic heterocycles. The number of carbonyl (C=O) groups is 3. The molecule has 0 fully saturated rings. The number of hydrogen-bond donors (Lipinski definition) is 1. The molecule has 0 bridgehead atoms. The number of imidazole rings is 1. The Bertz CT molecular complexity index is 1060. The lowest BCUT2D eigenvalue weighted by atomic mass is 10.3. The van der Waals surface area contributed by atoms with Gasteiger partial charge in [0.05, 0.1) is 6.20 Å². The molecule has 0 radical (unpaired) electrons. The average Bonchev–Trinajstić information content (AvgIpc) is 3.32. The maximum absolute atomic E-state index is 13.2. The van der Waals surface area contributed by atoms with Gasteiger partial charge < -0.3 is 9.30 Å². The molecule has 0 saturated heterocycles. The number of aromatic nitrogens is 3. The molecule has 0 unspecified atom stereocenters. The second-order valence-corrected chi connectivity index (χ2v) is 6.67. The Balaban J connectivity index is 1.69. The van der Waals surface area contributed by atoms with Gasteiger partial charge in [-0.1, -0.05) is 11.8 Å². The third-order valence-corrected chi connectivity index (χ3v) is 4.62. The molecule has 1 aromatic carbocycles. The van der Waals surface area contributed by atoms with Gasteiger partial charge in [-0.15, -0.1) is 0 Å². The van der Waals surface area contributed by atoms with E-state index in [-0.39, 0.29) is 5.69 Å². The Kier molecular flexibility index (Phi) is 6.13. The first kappa shape index (κ1) is 20.3. The number of amides is 2. The summed E-state index contributed by atoms with van der Waals surface area (Å²) in [6.07, 6.45) is 4.75. The minimum absolute atomic E-state index is 0.0718. The number of imide groups is 1. The number of thioether (sulfide) groups is 1. The number of ether oxygens (including phenoxy) is 1. The summed E-state index contributed by atoms with van der Waals surface area (Å²) in [4.78, 5) is 40.6. The van der Waals surface area contributed by atoms with Crippen LogP contribution < -0.4 is 5.32 Å². The maximum Gasteiger partial charge on any atom is 0.357 e. The zero-order chi connectivity index (χ0) is 21.0. The number of benzene rings is 1. The molecule has 0 atom stereocenters. The van der Waals surface area contributed by atoms with Crippen LogP contribution in [0, 0.1) is 5.82 Å². The highest BCUT2D eigenvalue weighted by atomic mass is 32.2. The van der Waals surface area contributed by atoms with Crippen LogP contribution in [0.4, 0.5) is 4.39 Å². The SMILES string of the molecule is CSc1ncc(C(=O)OCC(=O)NC(=O)c2cccn2C)n1-c1ccc(F)cc1. The van der Waals surface area contributed by atoms with Crippen LogP contribution in [-0.2, 0) is 16.6 Å². The minimum atomic E-state index is -0.802. The van der Waals surface area contributed by atoms with Crippen molar-refractivity contribution < 1.29 is 23.5 Å². The molecule has 0 aliphatic carbocycles. The van der Waals surface area contributed by atoms with E-state index >= 15 is 0 Å². The molecule has 1 N–H and O–H groups in total. The van der Waals surface area contributed by atoms with Crippen molar-refractivity contribution >= 4 is 29.5 Å². The van der Waals surface area contributed by atoms with E-state index in [0.29, 0.717) is 16.5 Å². The van der Waals surface area contributed by atoms with Crippen molar-refractivity contribution in [3.05, 3.63) is 66.0 Å². The van der Waals surface area contributed by atoms with Gasteiger partial charge in [0.25, 0.3) is 11.8 Å². The molecule has 2 aromatic heterocycles. The van der Waals surface area contributed by atoms with E-state index in [0.717, 1.165) is 0 Å². The molecular formula is C19H17FN4O4S. The number of hydrogen-bond acceptors (Lipinski definition) is 6. The van der Waals surface area contributed by atoms with E-state index < -0.39 is 30.2 Å². The van der Waals surface area contributed by atoms with Gasteiger partial charge in [0.15, 0.2) is 17.5 Å². The van der Waals surface area contributed by atoms with Gasteiger partial charge >= 0.3 is 5.97 Å². The van der Waals surface area contributed by atoms with Crippen molar-refractivity contribution in [2.45, 2.75) is 5.16 Å². The predicted octanol–water partition coefficient (Wildman–Crippen LogP) is 2.19. The molecule has 2 amide bonds. The van der Waals surface area contributed by atoms with Crippen molar-refractivity contribution in [1.29, 1.82) is 0 Å². The smallest absolute Gasteiger partial charge is 0.357 e. The van der Waals surface area contributed by atoms with Crippen molar-refractivity contribution in [1.82, 2.24) is 19.4 Å². The summed E-state index contributed by atoms with van der Waals surface area (Å²) < 4.78 is 21.3. The number of rotatable bonds is 6. The minimum Gasteiger partial charge on any atom is -0.451 e. The van der Waals surface area contributed by atoms with Crippen molar-refractivity contribution in [2.24, 2.45) is 7.05 Å². The molecule has 0 aliphatic rings. The zero-order valence-electron chi connectivity index (χ0n) is 15.6. The first-order valence-corrected chi connectivity index (χ1v) is 9.63. The number of halogens is 1. The molecule has 29 heavy (non-hydrogen) atoms. The van der Waals surface area contributed by atoms with E-state index in [4.69, 9.17) is 4.74 Å². The first-order valence-electron chi connectivity index (χ1n) is 8.41. The van der Waals surface area contributed by atoms with Gasteiger partial charge in [0.2, 0.25) is 0 Å². The van der Waals surface area contributed by atoms with E-state index in [1.54, 1.807) is 36.2 Å². The molecule has 8 nitrogen and oxygen atoms in total. The van der Waals surface area contributed by atoms with Crippen LogP contribution in [0.25, 0.3) is 5.69 Å². The summed E-state index contributed by atoms with van der Waals surface area (Å²) in [5.74, 6) is -2.58. The monoisotopic (exact) mass is 416 g/mol. The normalized spacial score (nSPS) is 10.6. The largest absolute Gasteiger partial charge is 0.451 e. The van der Waals surface area contributed by atoms with Gasteiger partial charge in [-0.05, 0) is 42.7 Å². The van der Waals surface area contributed by atoms with Crippen LogP contribution in [0.1, 0.15) is 21.0 Å². The van der Waals surface area contributed by atoms with Crippen LogP contribution in [-0.4, -0.2) is 44.8 Å². The quantitative estimate of drug-likeness (QED) is 0.489. The zero-order valence-corrected chi connectivity index (χ0v) is 16.4. The fourth-order valence-electron chi connectivity index (χ4n) is 2.59. The number of nitrogens with zero attached hydrogens (tertiary/aromatic N) is 3. The summed E-state index contributed by atoms with van der Waals surface area (Å²) in [7, 11) is 1.67. The fourth-order valence-corrected chi connectivity index (χ4v) is 3.14. The van der Waals surface area contributed by atoms with Crippen molar-refractivity contribution in [2.75, 3.05) is 12.9 Å². The third kappa shape index (κ3) is 4.54. The molecule has 0 spiro atoms. The van der Waals surface area contributed by atoms with E-state index in [1.165, 1.54) is 46.8 Å². The van der Waals surface area contributed by atoms with Crippen molar-refractivity contribution in [3.63, 3.8) is 0 Å². The summed E-state index contributed by atoms with van der Waals surface area (Å²) >= 11 is 1.29. The van der Waals surface area contributed by atoms with Crippen LogP contribution >= 0.6 is 11.8 Å². The standard InChI is InChI=1S/C19H17FN4O4S/c1-23-9-3-4-14(23)17(26)22-16(25)11-28-18(27)15-10-21-19(29-2)24(15)13-7-5-12(20)6-8-13/h3-10H,11H2,1-2H3,(H,22,25,26). The number of esters is 1. The Hall–Kier alpha value is -3.40. The molecule has 0 saturated carbocycles. The topological polar surface area (TPSA) is 95.2 Å². The first-order chi connectivity index (χ1) is 13.9. The second-order valence-electron chi connectivity index (χ2n) is 5.90. The van der Waals surface area contributed by atoms with Gasteiger partial charge in [0.1, 0.15) is 11.5 Å². The van der Waals surface area contributed by atoms with E-state index in [2.05, 4.69) is 10.3 Å². The summed E-state index contributed by atoms with van der Waals surface area (Å²) in [6, 6.07) is 8.74. The third-order valence-electron chi connectivity index (χ3n) is 3.97. The second kappa shape index (κ2) is 8.74. The molecular weight excluding hydrogens is 399 g/mol. The lowest BCUT2D eigenvalue weighted by molar-refractivity contribution is -0.123. The summed E-state index contributed by atoms with van der Waals surface area (Å²) in [5, 5.41) is 2.65. The average molecular weight is 416 g/mol. The Labute approximate surface area is 169 Å². The number of aryl methyl sites for hydroxylation is 1. The molecule has 3 aromatic rings. The van der Waals surface area contributed by atoms with Gasteiger partial charge in [-0.2, -0.15) is 0 Å². The van der Waals surface area contributed by atoms with Crippen molar-refractivity contribution in [3.8, 4) is 5.69 Å². The predicted molar refractivity (Wildman–Crippen MR) is 103 cm³/mol. The van der Waals surface area contributed by atoms with Gasteiger partial charge in [0, 0.05) is 18.9 Å². The summed E-state index contributed by atoms with van der Waals surface area (Å²) in [5.41, 5.74) is 0.884. The highest BCUT2D eigenvalue weighted by molar-refractivity contribution is 7.98. The van der Waals surface area contributed by atoms with Crippen LogP contribution in [0.3, 0.4) is 0 Å².